The topological polar surface area (TPSA) is 58.6 Å². The van der Waals surface area contributed by atoms with Gasteiger partial charge in [-0.3, -0.25) is 5.32 Å². The highest BCUT2D eigenvalue weighted by Crippen LogP contribution is 2.31. The van der Waals surface area contributed by atoms with Crippen LogP contribution in [-0.4, -0.2) is 29.9 Å². The van der Waals surface area contributed by atoms with E-state index in [4.69, 9.17) is 9.84 Å². The lowest BCUT2D eigenvalue weighted by Gasteiger charge is -2.29. The Kier molecular flexibility index (Phi) is 5.04. The van der Waals surface area contributed by atoms with E-state index in [0.29, 0.717) is 22.7 Å². The van der Waals surface area contributed by atoms with Crippen LogP contribution >= 0.6 is 15.9 Å². The lowest BCUT2D eigenvalue weighted by atomic mass is 10.0. The van der Waals surface area contributed by atoms with Gasteiger partial charge in [-0.25, -0.2) is 4.79 Å². The number of carboxylic acid groups (broad SMARTS) is 1. The molecule has 1 unspecified atom stereocenters. The van der Waals surface area contributed by atoms with Gasteiger partial charge in [0.2, 0.25) is 5.54 Å². The summed E-state index contributed by atoms with van der Waals surface area (Å²) in [7, 11) is 1.38. The fraction of sp³-hybridized carbons (Fsp3) is 0.417. The molecule has 0 aliphatic carbocycles. The summed E-state index contributed by atoms with van der Waals surface area (Å²) in [4.78, 5) is 10.9. The average Bonchev–Trinajstić information content (AvgIpc) is 2.34. The summed E-state index contributed by atoms with van der Waals surface area (Å²) in [5.74, 6) is -1.62. The Bertz CT molecular complexity index is 507. The number of alkyl halides is 3. The molecule has 1 aromatic carbocycles. The number of methoxy groups -OCH3 is 1. The Morgan fingerprint density at radius 3 is 2.50 bits per heavy atom. The molecule has 2 N–H and O–H groups in total. The third kappa shape index (κ3) is 3.43. The molecule has 0 aliphatic rings. The van der Waals surface area contributed by atoms with Gasteiger partial charge in [-0.15, -0.1) is 0 Å². The molecule has 1 rings (SSSR count). The van der Waals surface area contributed by atoms with Crippen molar-refractivity contribution < 1.29 is 27.8 Å². The number of ether oxygens (including phenoxy) is 1. The molecular formula is C12H13BrF3NO3. The number of benzene rings is 1. The predicted octanol–water partition coefficient (Wildman–Crippen LogP) is 2.95. The third-order valence-corrected chi connectivity index (χ3v) is 3.36. The van der Waals surface area contributed by atoms with Gasteiger partial charge in [0, 0.05) is 16.6 Å². The first kappa shape index (κ1) is 16.8. The molecule has 4 nitrogen and oxygen atoms in total. The van der Waals surface area contributed by atoms with Gasteiger partial charge in [-0.05, 0) is 25.1 Å². The van der Waals surface area contributed by atoms with E-state index < -0.39 is 17.7 Å². The molecule has 112 valence electrons. The van der Waals surface area contributed by atoms with Crippen molar-refractivity contribution in [3.05, 3.63) is 28.2 Å². The van der Waals surface area contributed by atoms with Crippen LogP contribution in [0.15, 0.2) is 22.7 Å². The smallest absolute Gasteiger partial charge is 0.417 e. The standard InChI is InChI=1S/C12H13BrF3NO3/c1-11(10(18)19,12(14,15)16)17-6-7-5-8(13)3-4-9(7)20-2/h3-5,17H,6H2,1-2H3,(H,18,19). The largest absolute Gasteiger partial charge is 0.496 e. The van der Waals surface area contributed by atoms with Crippen LogP contribution in [0.2, 0.25) is 0 Å². The Morgan fingerprint density at radius 1 is 1.45 bits per heavy atom. The quantitative estimate of drug-likeness (QED) is 0.852. The van der Waals surface area contributed by atoms with Crippen molar-refractivity contribution in [2.24, 2.45) is 0 Å². The fourth-order valence-electron chi connectivity index (χ4n) is 1.45. The Labute approximate surface area is 122 Å². The highest BCUT2D eigenvalue weighted by atomic mass is 79.9. The number of aliphatic carboxylic acids is 1. The van der Waals surface area contributed by atoms with Crippen LogP contribution < -0.4 is 10.1 Å². The zero-order valence-corrected chi connectivity index (χ0v) is 12.3. The summed E-state index contributed by atoms with van der Waals surface area (Å²) in [5.41, 5.74) is -2.61. The number of hydrogen-bond donors (Lipinski definition) is 2. The first-order valence-corrected chi connectivity index (χ1v) is 6.28. The van der Waals surface area contributed by atoms with E-state index in [1.807, 2.05) is 5.32 Å². The molecule has 0 spiro atoms. The second-order valence-electron chi connectivity index (χ2n) is 4.24. The lowest BCUT2D eigenvalue weighted by Crippen LogP contribution is -2.59. The summed E-state index contributed by atoms with van der Waals surface area (Å²) >= 11 is 3.19. The second-order valence-corrected chi connectivity index (χ2v) is 5.15. The van der Waals surface area contributed by atoms with Gasteiger partial charge in [0.25, 0.3) is 0 Å². The second kappa shape index (κ2) is 6.01. The summed E-state index contributed by atoms with van der Waals surface area (Å²) in [6, 6.07) is 4.81. The van der Waals surface area contributed by atoms with Gasteiger partial charge in [0.1, 0.15) is 5.75 Å². The van der Waals surface area contributed by atoms with Crippen molar-refractivity contribution in [1.29, 1.82) is 0 Å². The Morgan fingerprint density at radius 2 is 2.05 bits per heavy atom. The molecule has 0 fully saturated rings. The van der Waals surface area contributed by atoms with E-state index in [1.165, 1.54) is 7.11 Å². The SMILES string of the molecule is COc1ccc(Br)cc1CNC(C)(C(=O)O)C(F)(F)F. The number of nitrogens with one attached hydrogen (secondary N) is 1. The fourth-order valence-corrected chi connectivity index (χ4v) is 1.86. The Hall–Kier alpha value is -1.28. The van der Waals surface area contributed by atoms with Gasteiger partial charge in [-0.1, -0.05) is 15.9 Å². The van der Waals surface area contributed by atoms with Crippen LogP contribution in [0, 0.1) is 0 Å². The van der Waals surface area contributed by atoms with Gasteiger partial charge < -0.3 is 9.84 Å². The average molecular weight is 356 g/mol. The van der Waals surface area contributed by atoms with Gasteiger partial charge in [0.15, 0.2) is 0 Å². The van der Waals surface area contributed by atoms with Gasteiger partial charge in [-0.2, -0.15) is 13.2 Å². The highest BCUT2D eigenvalue weighted by molar-refractivity contribution is 9.10. The van der Waals surface area contributed by atoms with Crippen LogP contribution in [0.25, 0.3) is 0 Å². The summed E-state index contributed by atoms with van der Waals surface area (Å²) in [6.45, 7) is 0.282. The molecule has 8 heteroatoms. The number of carboxylic acids is 1. The van der Waals surface area contributed by atoms with Crippen molar-refractivity contribution in [3.63, 3.8) is 0 Å². The molecule has 1 atom stereocenters. The maximum absolute atomic E-state index is 12.8. The van der Waals surface area contributed by atoms with E-state index >= 15 is 0 Å². The van der Waals surface area contributed by atoms with Crippen LogP contribution in [0.5, 0.6) is 5.75 Å². The van der Waals surface area contributed by atoms with Crippen molar-refractivity contribution in [2.75, 3.05) is 7.11 Å². The molecule has 0 amide bonds. The van der Waals surface area contributed by atoms with Crippen LogP contribution in [0.1, 0.15) is 12.5 Å². The van der Waals surface area contributed by atoms with Crippen molar-refractivity contribution in [3.8, 4) is 5.75 Å². The molecule has 0 aliphatic heterocycles. The molecule has 0 aromatic heterocycles. The number of rotatable bonds is 5. The minimum absolute atomic E-state index is 0.301. The van der Waals surface area contributed by atoms with E-state index in [9.17, 15) is 18.0 Å². The van der Waals surface area contributed by atoms with E-state index in [2.05, 4.69) is 15.9 Å². The normalized spacial score (nSPS) is 14.7. The molecule has 0 radical (unpaired) electrons. The van der Waals surface area contributed by atoms with Gasteiger partial charge >= 0.3 is 12.1 Å². The zero-order chi connectivity index (χ0) is 15.6. The van der Waals surface area contributed by atoms with Crippen LogP contribution in [0.3, 0.4) is 0 Å². The molecular weight excluding hydrogens is 343 g/mol. The molecule has 20 heavy (non-hydrogen) atoms. The monoisotopic (exact) mass is 355 g/mol. The zero-order valence-electron chi connectivity index (χ0n) is 10.7. The molecule has 1 aromatic rings. The minimum Gasteiger partial charge on any atom is -0.496 e. The van der Waals surface area contributed by atoms with Crippen molar-refractivity contribution in [1.82, 2.24) is 5.32 Å². The van der Waals surface area contributed by atoms with Crippen molar-refractivity contribution in [2.45, 2.75) is 25.2 Å². The minimum atomic E-state index is -4.92. The summed E-state index contributed by atoms with van der Waals surface area (Å²) in [5, 5.41) is 10.8. The van der Waals surface area contributed by atoms with E-state index in [0.717, 1.165) is 0 Å². The maximum atomic E-state index is 12.8. The predicted molar refractivity (Wildman–Crippen MR) is 69.6 cm³/mol. The van der Waals surface area contributed by atoms with Crippen molar-refractivity contribution >= 4 is 21.9 Å². The van der Waals surface area contributed by atoms with Crippen LogP contribution in [-0.2, 0) is 11.3 Å². The van der Waals surface area contributed by atoms with Gasteiger partial charge in [0.05, 0.1) is 7.11 Å². The molecule has 0 bridgehead atoms. The number of carbonyl (C=O) groups is 1. The first-order chi connectivity index (χ1) is 9.11. The molecule has 0 saturated carbocycles. The Balaban J connectivity index is 3.00. The third-order valence-electron chi connectivity index (χ3n) is 2.87. The van der Waals surface area contributed by atoms with E-state index in [1.54, 1.807) is 18.2 Å². The van der Waals surface area contributed by atoms with Crippen LogP contribution in [0.4, 0.5) is 13.2 Å². The van der Waals surface area contributed by atoms with E-state index in [-0.39, 0.29) is 6.54 Å². The number of hydrogen-bond acceptors (Lipinski definition) is 3. The summed E-state index contributed by atoms with van der Waals surface area (Å²) < 4.78 is 44.2. The number of halogens is 4. The molecule has 0 saturated heterocycles. The summed E-state index contributed by atoms with van der Waals surface area (Å²) in [6.07, 6.45) is -4.92. The lowest BCUT2D eigenvalue weighted by molar-refractivity contribution is -0.206. The highest BCUT2D eigenvalue weighted by Gasteiger charge is 2.57. The maximum Gasteiger partial charge on any atom is 0.417 e. The first-order valence-electron chi connectivity index (χ1n) is 5.49. The molecule has 0 heterocycles.